The molecule has 0 unspecified atom stereocenters. The van der Waals surface area contributed by atoms with E-state index in [4.69, 9.17) is 16.3 Å². The summed E-state index contributed by atoms with van der Waals surface area (Å²) in [5, 5.41) is 6.82. The standard InChI is InChI=1S/C22H21ClN2O2/c1-16(26)25-21-9-7-20(8-10-21)24-14-17-5-11-22(12-6-17)27-15-18-3-2-4-19(23)13-18/h2-13,24H,14-15H2,1H3,(H,25,26). The largest absolute Gasteiger partial charge is 0.489 e. The highest BCUT2D eigenvalue weighted by Crippen LogP contribution is 2.18. The van der Waals surface area contributed by atoms with Gasteiger partial charge in [-0.3, -0.25) is 4.79 Å². The molecule has 0 aliphatic rings. The van der Waals surface area contributed by atoms with E-state index in [1.165, 1.54) is 6.92 Å². The first-order valence-electron chi connectivity index (χ1n) is 8.66. The van der Waals surface area contributed by atoms with E-state index in [1.54, 1.807) is 0 Å². The number of hydrogen-bond acceptors (Lipinski definition) is 3. The Hall–Kier alpha value is -2.98. The Morgan fingerprint density at radius 3 is 2.30 bits per heavy atom. The minimum Gasteiger partial charge on any atom is -0.489 e. The Balaban J connectivity index is 1.49. The van der Waals surface area contributed by atoms with E-state index < -0.39 is 0 Å². The zero-order chi connectivity index (χ0) is 19.1. The van der Waals surface area contributed by atoms with Crippen LogP contribution in [0.3, 0.4) is 0 Å². The number of amides is 1. The summed E-state index contributed by atoms with van der Waals surface area (Å²) in [7, 11) is 0. The lowest BCUT2D eigenvalue weighted by atomic mass is 10.2. The molecule has 0 heterocycles. The van der Waals surface area contributed by atoms with E-state index in [2.05, 4.69) is 10.6 Å². The molecule has 5 heteroatoms. The van der Waals surface area contributed by atoms with E-state index >= 15 is 0 Å². The van der Waals surface area contributed by atoms with Crippen LogP contribution in [0.5, 0.6) is 5.75 Å². The average Bonchev–Trinajstić information content (AvgIpc) is 2.66. The SMILES string of the molecule is CC(=O)Nc1ccc(NCc2ccc(OCc3cccc(Cl)c3)cc2)cc1. The van der Waals surface area contributed by atoms with Crippen molar-refractivity contribution in [2.45, 2.75) is 20.1 Å². The number of carbonyl (C=O) groups excluding carboxylic acids is 1. The summed E-state index contributed by atoms with van der Waals surface area (Å²) in [6, 6.07) is 23.3. The molecule has 3 rings (SSSR count). The van der Waals surface area contributed by atoms with Crippen molar-refractivity contribution in [1.82, 2.24) is 0 Å². The van der Waals surface area contributed by atoms with Gasteiger partial charge >= 0.3 is 0 Å². The number of ether oxygens (including phenoxy) is 1. The second-order valence-corrected chi connectivity index (χ2v) is 6.61. The van der Waals surface area contributed by atoms with Gasteiger partial charge in [0, 0.05) is 29.9 Å². The molecule has 4 nitrogen and oxygen atoms in total. The Morgan fingerprint density at radius 1 is 0.926 bits per heavy atom. The molecule has 0 aliphatic carbocycles. The summed E-state index contributed by atoms with van der Waals surface area (Å²) in [5.41, 5.74) is 3.96. The fourth-order valence-electron chi connectivity index (χ4n) is 2.58. The van der Waals surface area contributed by atoms with Crippen molar-refractivity contribution in [3.05, 3.63) is 88.9 Å². The second kappa shape index (κ2) is 9.10. The highest BCUT2D eigenvalue weighted by Gasteiger charge is 2.00. The summed E-state index contributed by atoms with van der Waals surface area (Å²) in [6.07, 6.45) is 0. The molecule has 0 atom stereocenters. The molecule has 138 valence electrons. The average molecular weight is 381 g/mol. The van der Waals surface area contributed by atoms with Crippen LogP contribution >= 0.6 is 11.6 Å². The molecule has 1 amide bonds. The molecule has 0 fully saturated rings. The number of rotatable bonds is 7. The van der Waals surface area contributed by atoms with Gasteiger partial charge in [0.25, 0.3) is 0 Å². The number of hydrogen-bond donors (Lipinski definition) is 2. The number of halogens is 1. The van der Waals surface area contributed by atoms with Gasteiger partial charge in [0.15, 0.2) is 0 Å². The van der Waals surface area contributed by atoms with Crippen LogP contribution in [0.4, 0.5) is 11.4 Å². The predicted molar refractivity (Wildman–Crippen MR) is 110 cm³/mol. The molecule has 0 aromatic heterocycles. The van der Waals surface area contributed by atoms with Crippen LogP contribution in [-0.2, 0) is 17.9 Å². The molecule has 0 bridgehead atoms. The topological polar surface area (TPSA) is 50.4 Å². The van der Waals surface area contributed by atoms with E-state index in [-0.39, 0.29) is 5.91 Å². The summed E-state index contributed by atoms with van der Waals surface area (Å²) < 4.78 is 5.80. The number of carbonyl (C=O) groups is 1. The number of anilines is 2. The monoisotopic (exact) mass is 380 g/mol. The highest BCUT2D eigenvalue weighted by molar-refractivity contribution is 6.30. The zero-order valence-corrected chi connectivity index (χ0v) is 15.8. The maximum Gasteiger partial charge on any atom is 0.221 e. The van der Waals surface area contributed by atoms with Crippen molar-refractivity contribution in [1.29, 1.82) is 0 Å². The third kappa shape index (κ3) is 6.04. The quantitative estimate of drug-likeness (QED) is 0.569. The normalized spacial score (nSPS) is 10.3. The van der Waals surface area contributed by atoms with Gasteiger partial charge in [0.2, 0.25) is 5.91 Å². The van der Waals surface area contributed by atoms with Crippen LogP contribution in [0.1, 0.15) is 18.1 Å². The van der Waals surface area contributed by atoms with Gasteiger partial charge in [-0.1, -0.05) is 35.9 Å². The molecule has 0 aliphatic heterocycles. The number of benzene rings is 3. The Labute approximate surface area is 164 Å². The molecule has 3 aromatic rings. The van der Waals surface area contributed by atoms with Gasteiger partial charge in [-0.15, -0.1) is 0 Å². The Bertz CT molecular complexity index is 893. The Morgan fingerprint density at radius 2 is 1.63 bits per heavy atom. The highest BCUT2D eigenvalue weighted by atomic mass is 35.5. The smallest absolute Gasteiger partial charge is 0.221 e. The van der Waals surface area contributed by atoms with Crippen LogP contribution in [-0.4, -0.2) is 5.91 Å². The first-order valence-corrected chi connectivity index (χ1v) is 9.04. The molecule has 0 radical (unpaired) electrons. The van der Waals surface area contributed by atoms with Crippen LogP contribution in [0.2, 0.25) is 5.02 Å². The lowest BCUT2D eigenvalue weighted by Gasteiger charge is -2.10. The molecule has 0 spiro atoms. The third-order valence-corrected chi connectivity index (χ3v) is 4.15. The molecular weight excluding hydrogens is 360 g/mol. The lowest BCUT2D eigenvalue weighted by molar-refractivity contribution is -0.114. The van der Waals surface area contributed by atoms with Gasteiger partial charge in [-0.25, -0.2) is 0 Å². The maximum absolute atomic E-state index is 11.0. The molecule has 2 N–H and O–H groups in total. The van der Waals surface area contributed by atoms with E-state index in [1.807, 2.05) is 72.8 Å². The summed E-state index contributed by atoms with van der Waals surface area (Å²) in [5.74, 6) is 0.742. The van der Waals surface area contributed by atoms with Crippen molar-refractivity contribution in [2.75, 3.05) is 10.6 Å². The lowest BCUT2D eigenvalue weighted by Crippen LogP contribution is -2.05. The fraction of sp³-hybridized carbons (Fsp3) is 0.136. The van der Waals surface area contributed by atoms with Gasteiger partial charge in [0.05, 0.1) is 0 Å². The summed E-state index contributed by atoms with van der Waals surface area (Å²) in [4.78, 5) is 11.0. The zero-order valence-electron chi connectivity index (χ0n) is 15.0. The summed E-state index contributed by atoms with van der Waals surface area (Å²) in [6.45, 7) is 2.68. The molecule has 0 saturated heterocycles. The van der Waals surface area contributed by atoms with Crippen LogP contribution in [0, 0.1) is 0 Å². The van der Waals surface area contributed by atoms with Gasteiger partial charge < -0.3 is 15.4 Å². The van der Waals surface area contributed by atoms with Crippen LogP contribution in [0.25, 0.3) is 0 Å². The van der Waals surface area contributed by atoms with Gasteiger partial charge in [0.1, 0.15) is 12.4 Å². The first kappa shape index (κ1) is 18.8. The van der Waals surface area contributed by atoms with Gasteiger partial charge in [-0.2, -0.15) is 0 Å². The van der Waals surface area contributed by atoms with Crippen molar-refractivity contribution in [3.8, 4) is 5.75 Å². The third-order valence-electron chi connectivity index (χ3n) is 3.92. The molecule has 27 heavy (non-hydrogen) atoms. The van der Waals surface area contributed by atoms with Crippen molar-refractivity contribution in [3.63, 3.8) is 0 Å². The maximum atomic E-state index is 11.0. The van der Waals surface area contributed by atoms with Gasteiger partial charge in [-0.05, 0) is 59.7 Å². The van der Waals surface area contributed by atoms with E-state index in [9.17, 15) is 4.79 Å². The number of nitrogens with one attached hydrogen (secondary N) is 2. The second-order valence-electron chi connectivity index (χ2n) is 6.17. The van der Waals surface area contributed by atoms with Crippen molar-refractivity contribution in [2.24, 2.45) is 0 Å². The fourth-order valence-corrected chi connectivity index (χ4v) is 2.79. The van der Waals surface area contributed by atoms with Crippen LogP contribution in [0.15, 0.2) is 72.8 Å². The molecule has 0 saturated carbocycles. The Kier molecular flexibility index (Phi) is 6.34. The first-order chi connectivity index (χ1) is 13.1. The van der Waals surface area contributed by atoms with Crippen LogP contribution < -0.4 is 15.4 Å². The van der Waals surface area contributed by atoms with Crippen molar-refractivity contribution >= 4 is 28.9 Å². The minimum atomic E-state index is -0.0756. The minimum absolute atomic E-state index is 0.0756. The molecular formula is C22H21ClN2O2. The van der Waals surface area contributed by atoms with Crippen molar-refractivity contribution < 1.29 is 9.53 Å². The predicted octanol–water partition coefficient (Wildman–Crippen LogP) is 5.49. The van der Waals surface area contributed by atoms with E-state index in [0.717, 1.165) is 28.3 Å². The van der Waals surface area contributed by atoms with E-state index in [0.29, 0.717) is 18.2 Å². The summed E-state index contributed by atoms with van der Waals surface area (Å²) >= 11 is 5.98. The molecule has 3 aromatic carbocycles.